The Labute approximate surface area is 211 Å². The van der Waals surface area contributed by atoms with Gasteiger partial charge in [0, 0.05) is 29.9 Å². The van der Waals surface area contributed by atoms with E-state index in [1.54, 1.807) is 0 Å². The largest absolute Gasteiger partial charge is 0.326 e. The number of rotatable bonds is 4. The summed E-state index contributed by atoms with van der Waals surface area (Å²) in [5.74, 6) is 0.149. The van der Waals surface area contributed by atoms with Gasteiger partial charge in [0.2, 0.25) is 5.91 Å². The second kappa shape index (κ2) is 8.27. The maximum absolute atomic E-state index is 13.6. The molecule has 2 aliphatic heterocycles. The molecule has 35 heavy (non-hydrogen) atoms. The zero-order chi connectivity index (χ0) is 24.5. The lowest BCUT2D eigenvalue weighted by atomic mass is 9.83. The molecule has 6 rings (SSSR count). The summed E-state index contributed by atoms with van der Waals surface area (Å²) in [5, 5.41) is 0.431. The van der Waals surface area contributed by atoms with E-state index in [1.165, 1.54) is 32.4 Å². The Bertz CT molecular complexity index is 1300. The standard InChI is InChI=1S/C27H33ClN6O/c1-16(2)33-15-30-21-13-20(31-25(28)23(21)33)17-10-22-24(29-14-17)27(3,4)26(35)34(22)19-11-18(12-19)32-8-6-5-7-9-32/h10,13-16,18-19H,5-9,11-12H2,1-4H3. The molecule has 5 heterocycles. The number of carbonyl (C=O) groups excluding carboxylic acids is 1. The molecule has 1 saturated carbocycles. The molecular formula is C27H33ClN6O. The van der Waals surface area contributed by atoms with Crippen molar-refractivity contribution in [3.8, 4) is 11.3 Å². The molecule has 0 unspecified atom stereocenters. The average Bonchev–Trinajstić information content (AvgIpc) is 3.33. The third-order valence-electron chi connectivity index (χ3n) is 8.19. The molecular weight excluding hydrogens is 460 g/mol. The lowest BCUT2D eigenvalue weighted by Gasteiger charge is -2.47. The number of hydrogen-bond donors (Lipinski definition) is 0. The summed E-state index contributed by atoms with van der Waals surface area (Å²) in [6.07, 6.45) is 9.63. The third kappa shape index (κ3) is 3.58. The first-order valence-electron chi connectivity index (χ1n) is 12.9. The molecule has 1 aliphatic carbocycles. The van der Waals surface area contributed by atoms with Crippen molar-refractivity contribution in [2.24, 2.45) is 0 Å². The Balaban J connectivity index is 1.34. The van der Waals surface area contributed by atoms with E-state index >= 15 is 0 Å². The minimum atomic E-state index is -0.630. The van der Waals surface area contributed by atoms with Crippen LogP contribution < -0.4 is 4.90 Å². The fourth-order valence-corrected chi connectivity index (χ4v) is 6.32. The molecule has 1 amide bonds. The number of nitrogens with zero attached hydrogens (tertiary/aromatic N) is 6. The van der Waals surface area contributed by atoms with Crippen molar-refractivity contribution in [1.82, 2.24) is 24.4 Å². The number of imidazole rings is 1. The molecule has 3 aliphatic rings. The van der Waals surface area contributed by atoms with Crippen molar-refractivity contribution in [2.75, 3.05) is 18.0 Å². The highest BCUT2D eigenvalue weighted by Crippen LogP contribution is 2.46. The summed E-state index contributed by atoms with van der Waals surface area (Å²) in [6.45, 7) is 10.6. The summed E-state index contributed by atoms with van der Waals surface area (Å²) in [6, 6.07) is 5.10. The minimum Gasteiger partial charge on any atom is -0.326 e. The number of hydrogen-bond acceptors (Lipinski definition) is 5. The van der Waals surface area contributed by atoms with E-state index in [-0.39, 0.29) is 18.0 Å². The van der Waals surface area contributed by atoms with Gasteiger partial charge in [-0.05, 0) is 78.6 Å². The Kier molecular flexibility index (Phi) is 5.42. The maximum Gasteiger partial charge on any atom is 0.239 e. The fourth-order valence-electron chi connectivity index (χ4n) is 6.04. The maximum atomic E-state index is 13.6. The summed E-state index contributed by atoms with van der Waals surface area (Å²) in [7, 11) is 0. The number of halogens is 1. The van der Waals surface area contributed by atoms with Crippen LogP contribution in [-0.4, -0.2) is 55.5 Å². The van der Waals surface area contributed by atoms with E-state index in [2.05, 4.69) is 29.8 Å². The highest BCUT2D eigenvalue weighted by atomic mass is 35.5. The topological polar surface area (TPSA) is 67.2 Å². The van der Waals surface area contributed by atoms with Crippen LogP contribution in [0.2, 0.25) is 5.15 Å². The highest BCUT2D eigenvalue weighted by molar-refractivity contribution is 6.34. The van der Waals surface area contributed by atoms with Crippen molar-refractivity contribution < 1.29 is 4.79 Å². The zero-order valence-electron chi connectivity index (χ0n) is 21.0. The van der Waals surface area contributed by atoms with Crippen LogP contribution >= 0.6 is 11.6 Å². The molecule has 0 bridgehead atoms. The van der Waals surface area contributed by atoms with Gasteiger partial charge in [-0.3, -0.25) is 9.78 Å². The third-order valence-corrected chi connectivity index (χ3v) is 8.46. The van der Waals surface area contributed by atoms with Crippen LogP contribution in [0.15, 0.2) is 24.7 Å². The van der Waals surface area contributed by atoms with E-state index in [4.69, 9.17) is 21.6 Å². The quantitative estimate of drug-likeness (QED) is 0.458. The normalized spacial score (nSPS) is 24.3. The van der Waals surface area contributed by atoms with E-state index in [1.807, 2.05) is 41.9 Å². The fraction of sp³-hybridized carbons (Fsp3) is 0.556. The molecule has 3 aromatic rings. The molecule has 7 nitrogen and oxygen atoms in total. The van der Waals surface area contributed by atoms with E-state index in [0.717, 1.165) is 46.5 Å². The van der Waals surface area contributed by atoms with Crippen LogP contribution in [0.25, 0.3) is 22.3 Å². The van der Waals surface area contributed by atoms with Gasteiger partial charge in [-0.15, -0.1) is 0 Å². The van der Waals surface area contributed by atoms with Crippen LogP contribution in [0, 0.1) is 0 Å². The van der Waals surface area contributed by atoms with Gasteiger partial charge in [0.05, 0.1) is 34.3 Å². The zero-order valence-corrected chi connectivity index (χ0v) is 21.7. The van der Waals surface area contributed by atoms with Crippen LogP contribution in [-0.2, 0) is 10.2 Å². The van der Waals surface area contributed by atoms with Gasteiger partial charge >= 0.3 is 0 Å². The van der Waals surface area contributed by atoms with Gasteiger partial charge < -0.3 is 14.4 Å². The SMILES string of the molecule is CC(C)n1cnc2cc(-c3cnc4c(c3)N(C3CC(N5CCCCC5)C3)C(=O)C4(C)C)nc(Cl)c21. The van der Waals surface area contributed by atoms with Crippen LogP contribution in [0.4, 0.5) is 5.69 Å². The Morgan fingerprint density at radius 1 is 1.06 bits per heavy atom. The second-order valence-corrected chi connectivity index (χ2v) is 11.5. The van der Waals surface area contributed by atoms with Gasteiger partial charge in [0.15, 0.2) is 5.15 Å². The van der Waals surface area contributed by atoms with E-state index < -0.39 is 5.41 Å². The summed E-state index contributed by atoms with van der Waals surface area (Å²) in [4.78, 5) is 32.3. The van der Waals surface area contributed by atoms with E-state index in [9.17, 15) is 4.79 Å². The lowest BCUT2D eigenvalue weighted by molar-refractivity contribution is -0.123. The number of likely N-dealkylation sites (tertiary alicyclic amines) is 1. The number of fused-ring (bicyclic) bond motifs is 2. The molecule has 0 N–H and O–H groups in total. The number of anilines is 1. The molecule has 0 spiro atoms. The Morgan fingerprint density at radius 3 is 2.51 bits per heavy atom. The summed E-state index contributed by atoms with van der Waals surface area (Å²) < 4.78 is 2.04. The first-order chi connectivity index (χ1) is 16.8. The van der Waals surface area contributed by atoms with Crippen LogP contribution in [0.1, 0.15) is 71.5 Å². The van der Waals surface area contributed by atoms with Crippen molar-refractivity contribution in [1.29, 1.82) is 0 Å². The van der Waals surface area contributed by atoms with Crippen molar-refractivity contribution in [3.63, 3.8) is 0 Å². The van der Waals surface area contributed by atoms with Crippen molar-refractivity contribution in [2.45, 2.75) is 83.3 Å². The predicted molar refractivity (Wildman–Crippen MR) is 139 cm³/mol. The monoisotopic (exact) mass is 492 g/mol. The number of aromatic nitrogens is 4. The number of pyridine rings is 2. The summed E-state index contributed by atoms with van der Waals surface area (Å²) in [5.41, 5.74) is 4.38. The molecule has 3 aromatic heterocycles. The van der Waals surface area contributed by atoms with Crippen LogP contribution in [0.5, 0.6) is 0 Å². The molecule has 2 fully saturated rings. The minimum absolute atomic E-state index is 0.149. The first kappa shape index (κ1) is 22.9. The second-order valence-electron chi connectivity index (χ2n) is 11.2. The highest BCUT2D eigenvalue weighted by Gasteiger charge is 2.51. The molecule has 0 aromatic carbocycles. The van der Waals surface area contributed by atoms with Gasteiger partial charge in [0.1, 0.15) is 5.52 Å². The summed E-state index contributed by atoms with van der Waals surface area (Å²) >= 11 is 6.63. The van der Waals surface area contributed by atoms with Crippen molar-refractivity contribution in [3.05, 3.63) is 35.5 Å². The molecule has 0 atom stereocenters. The predicted octanol–water partition coefficient (Wildman–Crippen LogP) is 5.37. The molecule has 0 radical (unpaired) electrons. The molecule has 8 heteroatoms. The molecule has 1 saturated heterocycles. The number of piperidine rings is 1. The Hall–Kier alpha value is -2.51. The van der Waals surface area contributed by atoms with Gasteiger partial charge in [0.25, 0.3) is 0 Å². The number of amides is 1. The average molecular weight is 493 g/mol. The number of carbonyl (C=O) groups is 1. The van der Waals surface area contributed by atoms with Crippen molar-refractivity contribution >= 4 is 34.2 Å². The lowest BCUT2D eigenvalue weighted by Crippen LogP contribution is -2.57. The molecule has 184 valence electrons. The van der Waals surface area contributed by atoms with E-state index in [0.29, 0.717) is 11.2 Å². The first-order valence-corrected chi connectivity index (χ1v) is 13.2. The Morgan fingerprint density at radius 2 is 1.80 bits per heavy atom. The van der Waals surface area contributed by atoms with Gasteiger partial charge in [-0.25, -0.2) is 9.97 Å². The van der Waals surface area contributed by atoms with Crippen LogP contribution in [0.3, 0.4) is 0 Å². The smallest absolute Gasteiger partial charge is 0.239 e. The van der Waals surface area contributed by atoms with Gasteiger partial charge in [-0.1, -0.05) is 18.0 Å². The van der Waals surface area contributed by atoms with Gasteiger partial charge in [-0.2, -0.15) is 0 Å².